The lowest BCUT2D eigenvalue weighted by Gasteiger charge is -2.29. The molecule has 1 heterocycles. The number of aromatic amines is 1. The number of benzene rings is 1. The van der Waals surface area contributed by atoms with E-state index in [-0.39, 0.29) is 24.2 Å². The summed E-state index contributed by atoms with van der Waals surface area (Å²) in [4.78, 5) is 39.3. The predicted octanol–water partition coefficient (Wildman–Crippen LogP) is 2.35. The summed E-state index contributed by atoms with van der Waals surface area (Å²) < 4.78 is 0.918. The Morgan fingerprint density at radius 1 is 1.18 bits per heavy atom. The molecule has 1 aromatic carbocycles. The third-order valence-electron chi connectivity index (χ3n) is 5.27. The summed E-state index contributed by atoms with van der Waals surface area (Å²) in [7, 11) is 0. The van der Waals surface area contributed by atoms with Gasteiger partial charge in [-0.2, -0.15) is 0 Å². The van der Waals surface area contributed by atoms with Gasteiger partial charge < -0.3 is 10.4 Å². The third kappa shape index (κ3) is 4.35. The second-order valence-corrected chi connectivity index (χ2v) is 7.90. The number of hydrogen-bond donors (Lipinski definition) is 3. The zero-order chi connectivity index (χ0) is 20.3. The molecule has 0 saturated heterocycles. The Labute approximate surface area is 163 Å². The average molecular weight is 385 g/mol. The third-order valence-corrected chi connectivity index (χ3v) is 5.27. The van der Waals surface area contributed by atoms with Gasteiger partial charge in [0.2, 0.25) is 5.75 Å². The van der Waals surface area contributed by atoms with Gasteiger partial charge in [0.05, 0.1) is 0 Å². The normalized spacial score (nSPS) is 19.5. The number of nitrogens with zero attached hydrogens (tertiary/aromatic N) is 1. The maximum atomic E-state index is 12.5. The number of carbonyl (C=O) groups is 1. The lowest BCUT2D eigenvalue weighted by atomic mass is 9.82. The number of nitrogens with one attached hydrogen (secondary N) is 2. The van der Waals surface area contributed by atoms with Crippen molar-refractivity contribution in [1.82, 2.24) is 14.9 Å². The fraction of sp³-hybridized carbons (Fsp3) is 0.476. The summed E-state index contributed by atoms with van der Waals surface area (Å²) in [6.45, 7) is 3.89. The van der Waals surface area contributed by atoms with E-state index in [1.807, 2.05) is 32.0 Å². The van der Waals surface area contributed by atoms with Gasteiger partial charge in [0.1, 0.15) is 0 Å². The van der Waals surface area contributed by atoms with Crippen molar-refractivity contribution in [3.63, 3.8) is 0 Å². The van der Waals surface area contributed by atoms with Crippen LogP contribution in [0.3, 0.4) is 0 Å². The molecule has 0 unspecified atom stereocenters. The molecule has 3 N–H and O–H groups in total. The van der Waals surface area contributed by atoms with Gasteiger partial charge >= 0.3 is 5.69 Å². The topological polar surface area (TPSA) is 104 Å². The smallest absolute Gasteiger partial charge is 0.329 e. The Morgan fingerprint density at radius 2 is 1.82 bits per heavy atom. The van der Waals surface area contributed by atoms with Crippen LogP contribution in [0.25, 0.3) is 0 Å². The van der Waals surface area contributed by atoms with Crippen molar-refractivity contribution in [3.8, 4) is 5.75 Å². The number of amides is 1. The molecule has 7 heteroatoms. The highest BCUT2D eigenvalue weighted by atomic mass is 16.3. The second-order valence-electron chi connectivity index (χ2n) is 7.90. The summed E-state index contributed by atoms with van der Waals surface area (Å²) in [6.07, 6.45) is 3.52. The molecular formula is C21H27N3O4. The van der Waals surface area contributed by atoms with E-state index < -0.39 is 22.9 Å². The zero-order valence-electron chi connectivity index (χ0n) is 16.3. The summed E-state index contributed by atoms with van der Waals surface area (Å²) >= 11 is 0. The molecule has 3 rings (SSSR count). The maximum Gasteiger partial charge on any atom is 0.329 e. The number of carbonyl (C=O) groups excluding carboxylic acids is 1. The van der Waals surface area contributed by atoms with Crippen molar-refractivity contribution in [2.24, 2.45) is 5.92 Å². The van der Waals surface area contributed by atoms with E-state index in [9.17, 15) is 19.5 Å². The van der Waals surface area contributed by atoms with Gasteiger partial charge in [-0.15, -0.1) is 0 Å². The monoisotopic (exact) mass is 385 g/mol. The Balaban J connectivity index is 1.67. The lowest BCUT2D eigenvalue weighted by Crippen LogP contribution is -2.42. The Bertz CT molecular complexity index is 938. The molecule has 1 aromatic heterocycles. The number of hydrogen-bond acceptors (Lipinski definition) is 4. The Kier molecular flexibility index (Phi) is 6.02. The van der Waals surface area contributed by atoms with Crippen LogP contribution in [0, 0.1) is 5.92 Å². The van der Waals surface area contributed by atoms with Crippen LogP contribution < -0.4 is 16.6 Å². The summed E-state index contributed by atoms with van der Waals surface area (Å²) in [5, 5.41) is 13.0. The molecule has 1 fully saturated rings. The SMILES string of the molecule is CC(C)Cn1c(=O)[nH]c(C(=O)NC2CCC(c3ccccc3)CC2)c(O)c1=O. The van der Waals surface area contributed by atoms with Gasteiger partial charge in [-0.1, -0.05) is 44.2 Å². The van der Waals surface area contributed by atoms with Crippen molar-refractivity contribution in [2.45, 2.75) is 58.0 Å². The maximum absolute atomic E-state index is 12.5. The fourth-order valence-electron chi connectivity index (χ4n) is 3.81. The van der Waals surface area contributed by atoms with Crippen molar-refractivity contribution in [2.75, 3.05) is 0 Å². The van der Waals surface area contributed by atoms with E-state index in [2.05, 4.69) is 22.4 Å². The Hall–Kier alpha value is -2.83. The van der Waals surface area contributed by atoms with Gasteiger partial charge in [0.25, 0.3) is 11.5 Å². The van der Waals surface area contributed by atoms with E-state index in [4.69, 9.17) is 0 Å². The molecule has 0 aliphatic heterocycles. The van der Waals surface area contributed by atoms with Crippen molar-refractivity contribution in [3.05, 3.63) is 62.4 Å². The number of aromatic hydroxyl groups is 1. The predicted molar refractivity (Wildman–Crippen MR) is 107 cm³/mol. The Morgan fingerprint density at radius 3 is 2.43 bits per heavy atom. The molecule has 1 saturated carbocycles. The molecule has 7 nitrogen and oxygen atoms in total. The molecule has 1 amide bonds. The molecular weight excluding hydrogens is 358 g/mol. The van der Waals surface area contributed by atoms with Gasteiger partial charge in [0, 0.05) is 12.6 Å². The molecule has 1 aliphatic rings. The van der Waals surface area contributed by atoms with Crippen LogP contribution in [0.1, 0.15) is 61.5 Å². The van der Waals surface area contributed by atoms with Crippen LogP contribution in [-0.2, 0) is 6.54 Å². The largest absolute Gasteiger partial charge is 0.501 e. The van der Waals surface area contributed by atoms with Gasteiger partial charge in [0.15, 0.2) is 5.69 Å². The first-order valence-electron chi connectivity index (χ1n) is 9.78. The van der Waals surface area contributed by atoms with Crippen LogP contribution in [0.4, 0.5) is 0 Å². The molecule has 150 valence electrons. The van der Waals surface area contributed by atoms with Crippen molar-refractivity contribution < 1.29 is 9.90 Å². The minimum absolute atomic E-state index is 0.0477. The molecule has 2 aromatic rings. The number of H-pyrrole nitrogens is 1. The number of rotatable bonds is 5. The lowest BCUT2D eigenvalue weighted by molar-refractivity contribution is 0.0916. The number of aromatic nitrogens is 2. The van der Waals surface area contributed by atoms with Crippen molar-refractivity contribution >= 4 is 5.91 Å². The van der Waals surface area contributed by atoms with Gasteiger partial charge in [-0.25, -0.2) is 4.79 Å². The average Bonchev–Trinajstić information content (AvgIpc) is 2.69. The van der Waals surface area contributed by atoms with Crippen molar-refractivity contribution in [1.29, 1.82) is 0 Å². The molecule has 28 heavy (non-hydrogen) atoms. The summed E-state index contributed by atoms with van der Waals surface area (Å²) in [5.74, 6) is -0.803. The second kappa shape index (κ2) is 8.46. The van der Waals surface area contributed by atoms with E-state index in [0.29, 0.717) is 5.92 Å². The highest BCUT2D eigenvalue weighted by Gasteiger charge is 2.26. The van der Waals surface area contributed by atoms with E-state index in [1.54, 1.807) is 0 Å². The molecule has 0 radical (unpaired) electrons. The highest BCUT2D eigenvalue weighted by molar-refractivity contribution is 5.94. The van der Waals surface area contributed by atoms with E-state index >= 15 is 0 Å². The van der Waals surface area contributed by atoms with Crippen LogP contribution in [0.2, 0.25) is 0 Å². The zero-order valence-corrected chi connectivity index (χ0v) is 16.3. The highest BCUT2D eigenvalue weighted by Crippen LogP contribution is 2.32. The quantitative estimate of drug-likeness (QED) is 0.735. The van der Waals surface area contributed by atoms with Gasteiger partial charge in [-0.05, 0) is 43.1 Å². The minimum atomic E-state index is -0.838. The van der Waals surface area contributed by atoms with Crippen LogP contribution in [-0.4, -0.2) is 26.6 Å². The fourth-order valence-corrected chi connectivity index (χ4v) is 3.81. The molecule has 0 spiro atoms. The summed E-state index contributed by atoms with van der Waals surface area (Å²) in [5.41, 5.74) is -0.576. The van der Waals surface area contributed by atoms with Crippen LogP contribution in [0.5, 0.6) is 5.75 Å². The van der Waals surface area contributed by atoms with Gasteiger partial charge in [-0.3, -0.25) is 19.1 Å². The molecule has 0 atom stereocenters. The standard InChI is InChI=1S/C21H27N3O4/c1-13(2)12-24-20(27)18(25)17(23-21(24)28)19(26)22-16-10-8-15(9-11-16)14-6-4-3-5-7-14/h3-7,13,15-16,25H,8-12H2,1-2H3,(H,22,26)(H,23,28). The van der Waals surface area contributed by atoms with E-state index in [1.165, 1.54) is 5.56 Å². The van der Waals surface area contributed by atoms with E-state index in [0.717, 1.165) is 30.3 Å². The summed E-state index contributed by atoms with van der Waals surface area (Å²) in [6, 6.07) is 10.3. The first-order valence-corrected chi connectivity index (χ1v) is 9.78. The minimum Gasteiger partial charge on any atom is -0.501 e. The van der Waals surface area contributed by atoms with Crippen LogP contribution in [0.15, 0.2) is 39.9 Å². The first-order chi connectivity index (χ1) is 13.4. The first kappa shape index (κ1) is 19.9. The molecule has 0 bridgehead atoms. The molecule has 1 aliphatic carbocycles. The van der Waals surface area contributed by atoms with Crippen LogP contribution >= 0.6 is 0 Å².